The van der Waals surface area contributed by atoms with Crippen LogP contribution in [-0.4, -0.2) is 14.2 Å². The molecule has 1 aliphatic carbocycles. The molecule has 0 saturated carbocycles. The van der Waals surface area contributed by atoms with Crippen LogP contribution in [0.15, 0.2) is 103 Å². The van der Waals surface area contributed by atoms with Crippen LogP contribution < -0.4 is 14.4 Å². The van der Waals surface area contributed by atoms with E-state index in [9.17, 15) is 0 Å². The molecule has 3 nitrogen and oxygen atoms in total. The molecule has 3 aromatic carbocycles. The van der Waals surface area contributed by atoms with Gasteiger partial charge in [-0.25, -0.2) is 0 Å². The van der Waals surface area contributed by atoms with Gasteiger partial charge in [-0.3, -0.25) is 0 Å². The Labute approximate surface area is 190 Å². The zero-order valence-corrected chi connectivity index (χ0v) is 18.9. The average Bonchev–Trinajstić information content (AvgIpc) is 2.85. The molecule has 3 heteroatoms. The molecule has 1 unspecified atom stereocenters. The first-order chi connectivity index (χ1) is 15.7. The Hall–Kier alpha value is -3.72. The summed E-state index contributed by atoms with van der Waals surface area (Å²) in [5.74, 6) is 2.31. The van der Waals surface area contributed by atoms with Crippen LogP contribution in [0.25, 0.3) is 6.08 Å². The maximum Gasteiger partial charge on any atom is 0.119 e. The van der Waals surface area contributed by atoms with E-state index >= 15 is 0 Å². The number of rotatable bonds is 7. The molecule has 0 aliphatic heterocycles. The van der Waals surface area contributed by atoms with Crippen molar-refractivity contribution in [2.45, 2.75) is 13.3 Å². The summed E-state index contributed by atoms with van der Waals surface area (Å²) in [6, 6.07) is 24.8. The fourth-order valence-corrected chi connectivity index (χ4v) is 3.70. The summed E-state index contributed by atoms with van der Waals surface area (Å²) in [5, 5.41) is 0. The molecule has 32 heavy (non-hydrogen) atoms. The SMILES string of the molecule is COc1ccc(N(c2ccc(/C=C/C3=CCC(C)C=C3)cc2)c2ccc(OC)cc2)cc1. The van der Waals surface area contributed by atoms with Crippen LogP contribution >= 0.6 is 0 Å². The molecule has 0 saturated heterocycles. The third-order valence-corrected chi connectivity index (χ3v) is 5.62. The van der Waals surface area contributed by atoms with Crippen LogP contribution in [0.3, 0.4) is 0 Å². The average molecular weight is 424 g/mol. The van der Waals surface area contributed by atoms with Crippen LogP contribution in [-0.2, 0) is 0 Å². The topological polar surface area (TPSA) is 21.7 Å². The second-order valence-corrected chi connectivity index (χ2v) is 7.93. The summed E-state index contributed by atoms with van der Waals surface area (Å²) in [4.78, 5) is 2.22. The minimum atomic E-state index is 0.633. The number of nitrogens with zero attached hydrogens (tertiary/aromatic N) is 1. The number of benzene rings is 3. The first-order valence-electron chi connectivity index (χ1n) is 10.9. The molecule has 162 valence electrons. The molecule has 0 bridgehead atoms. The van der Waals surface area contributed by atoms with E-state index in [-0.39, 0.29) is 0 Å². The van der Waals surface area contributed by atoms with E-state index in [0.29, 0.717) is 5.92 Å². The third kappa shape index (κ3) is 5.12. The highest BCUT2D eigenvalue weighted by Crippen LogP contribution is 2.36. The Morgan fingerprint density at radius 3 is 1.66 bits per heavy atom. The minimum Gasteiger partial charge on any atom is -0.497 e. The van der Waals surface area contributed by atoms with Crippen molar-refractivity contribution in [3.8, 4) is 11.5 Å². The second-order valence-electron chi connectivity index (χ2n) is 7.93. The first kappa shape index (κ1) is 21.5. The lowest BCUT2D eigenvalue weighted by atomic mass is 9.98. The van der Waals surface area contributed by atoms with Crippen LogP contribution in [0.4, 0.5) is 17.1 Å². The molecule has 0 aromatic heterocycles. The molecule has 3 aromatic rings. The largest absolute Gasteiger partial charge is 0.497 e. The highest BCUT2D eigenvalue weighted by atomic mass is 16.5. The van der Waals surface area contributed by atoms with Gasteiger partial charge in [0.1, 0.15) is 11.5 Å². The number of anilines is 3. The molecule has 0 radical (unpaired) electrons. The lowest BCUT2D eigenvalue weighted by Crippen LogP contribution is -2.09. The summed E-state index contributed by atoms with van der Waals surface area (Å²) < 4.78 is 10.7. The summed E-state index contributed by atoms with van der Waals surface area (Å²) in [5.41, 5.74) is 5.65. The van der Waals surface area contributed by atoms with E-state index in [1.165, 1.54) is 11.1 Å². The number of hydrogen-bond donors (Lipinski definition) is 0. The summed E-state index contributed by atoms with van der Waals surface area (Å²) >= 11 is 0. The van der Waals surface area contributed by atoms with Gasteiger partial charge < -0.3 is 14.4 Å². The standard InChI is InChI=1S/C29H29NO2/c1-22-4-6-23(7-5-22)8-9-24-10-12-25(13-11-24)30(26-14-18-28(31-2)19-15-26)27-16-20-29(32-3)21-17-27/h4,6-22H,5H2,1-3H3/b9-8+. The van der Waals surface area contributed by atoms with Gasteiger partial charge in [0.25, 0.3) is 0 Å². The van der Waals surface area contributed by atoms with Gasteiger partial charge in [0.2, 0.25) is 0 Å². The van der Waals surface area contributed by atoms with E-state index in [2.05, 4.69) is 90.7 Å². The zero-order valence-electron chi connectivity index (χ0n) is 18.9. The van der Waals surface area contributed by atoms with E-state index in [1.54, 1.807) is 14.2 Å². The molecule has 0 amide bonds. The summed E-state index contributed by atoms with van der Waals surface area (Å²) in [7, 11) is 3.37. The van der Waals surface area contributed by atoms with Gasteiger partial charge >= 0.3 is 0 Å². The highest BCUT2D eigenvalue weighted by Gasteiger charge is 2.13. The lowest BCUT2D eigenvalue weighted by Gasteiger charge is -2.26. The van der Waals surface area contributed by atoms with Crippen molar-refractivity contribution in [3.63, 3.8) is 0 Å². The summed E-state index contributed by atoms with van der Waals surface area (Å²) in [6.07, 6.45) is 12.2. The maximum absolute atomic E-state index is 5.34. The molecule has 1 aliphatic rings. The third-order valence-electron chi connectivity index (χ3n) is 5.62. The van der Waals surface area contributed by atoms with E-state index < -0.39 is 0 Å². The molecular formula is C29H29NO2. The van der Waals surface area contributed by atoms with Crippen molar-refractivity contribution < 1.29 is 9.47 Å². The number of allylic oxidation sites excluding steroid dienone is 5. The number of ether oxygens (including phenoxy) is 2. The van der Waals surface area contributed by atoms with Crippen molar-refractivity contribution in [2.24, 2.45) is 5.92 Å². The fraction of sp³-hybridized carbons (Fsp3) is 0.172. The van der Waals surface area contributed by atoms with E-state index in [4.69, 9.17) is 9.47 Å². The number of methoxy groups -OCH3 is 2. The zero-order chi connectivity index (χ0) is 22.3. The lowest BCUT2D eigenvalue weighted by molar-refractivity contribution is 0.415. The minimum absolute atomic E-state index is 0.633. The Balaban J connectivity index is 1.62. The van der Waals surface area contributed by atoms with Crippen molar-refractivity contribution in [2.75, 3.05) is 19.1 Å². The van der Waals surface area contributed by atoms with Crippen LogP contribution in [0.1, 0.15) is 18.9 Å². The number of hydrogen-bond acceptors (Lipinski definition) is 3. The predicted molar refractivity (Wildman–Crippen MR) is 134 cm³/mol. The normalized spacial score (nSPS) is 15.5. The smallest absolute Gasteiger partial charge is 0.119 e. The molecule has 0 spiro atoms. The van der Waals surface area contributed by atoms with Gasteiger partial charge in [-0.2, -0.15) is 0 Å². The molecule has 0 fully saturated rings. The van der Waals surface area contributed by atoms with E-state index in [0.717, 1.165) is 35.0 Å². The Morgan fingerprint density at radius 1 is 0.719 bits per heavy atom. The molecule has 1 atom stereocenters. The second kappa shape index (κ2) is 10.1. The maximum atomic E-state index is 5.34. The van der Waals surface area contributed by atoms with E-state index in [1.807, 2.05) is 24.3 Å². The van der Waals surface area contributed by atoms with Gasteiger partial charge in [-0.15, -0.1) is 0 Å². The van der Waals surface area contributed by atoms with Crippen molar-refractivity contribution in [1.82, 2.24) is 0 Å². The van der Waals surface area contributed by atoms with Gasteiger partial charge in [0, 0.05) is 17.1 Å². The van der Waals surface area contributed by atoms with Crippen molar-refractivity contribution in [3.05, 3.63) is 108 Å². The quantitative estimate of drug-likeness (QED) is 0.388. The van der Waals surface area contributed by atoms with Crippen molar-refractivity contribution >= 4 is 23.1 Å². The molecular weight excluding hydrogens is 394 g/mol. The Morgan fingerprint density at radius 2 is 1.22 bits per heavy atom. The molecule has 0 N–H and O–H groups in total. The summed E-state index contributed by atoms with van der Waals surface area (Å²) in [6.45, 7) is 2.24. The molecule has 4 rings (SSSR count). The van der Waals surface area contributed by atoms with Crippen LogP contribution in [0.5, 0.6) is 11.5 Å². The first-order valence-corrected chi connectivity index (χ1v) is 10.9. The van der Waals surface area contributed by atoms with Gasteiger partial charge in [-0.05, 0) is 84.1 Å². The fourth-order valence-electron chi connectivity index (χ4n) is 3.70. The van der Waals surface area contributed by atoms with Gasteiger partial charge in [-0.1, -0.05) is 49.4 Å². The Kier molecular flexibility index (Phi) is 6.76. The Bertz CT molecular complexity index is 1060. The van der Waals surface area contributed by atoms with Crippen LogP contribution in [0.2, 0.25) is 0 Å². The predicted octanol–water partition coefficient (Wildman–Crippen LogP) is 7.71. The van der Waals surface area contributed by atoms with Crippen molar-refractivity contribution in [1.29, 1.82) is 0 Å². The van der Waals surface area contributed by atoms with Crippen LogP contribution in [0, 0.1) is 5.92 Å². The van der Waals surface area contributed by atoms with Gasteiger partial charge in [0.05, 0.1) is 14.2 Å². The monoisotopic (exact) mass is 423 g/mol. The van der Waals surface area contributed by atoms with Gasteiger partial charge in [0.15, 0.2) is 0 Å². The highest BCUT2D eigenvalue weighted by molar-refractivity contribution is 5.77. The molecule has 0 heterocycles.